The minimum atomic E-state index is 0. The van der Waals surface area contributed by atoms with Crippen molar-refractivity contribution in [2.45, 2.75) is 51.0 Å². The van der Waals surface area contributed by atoms with Gasteiger partial charge < -0.3 is 20.3 Å². The molecule has 1 fully saturated rings. The molecule has 0 saturated heterocycles. The average Bonchev–Trinajstić information content (AvgIpc) is 2.98. The molecular formula is C22H37IN4O2. The van der Waals surface area contributed by atoms with Crippen LogP contribution in [-0.2, 0) is 11.2 Å². The number of carbonyl (C=O) groups excluding carboxylic acids is 1. The molecule has 1 amide bonds. The van der Waals surface area contributed by atoms with E-state index in [0.717, 1.165) is 36.6 Å². The number of ether oxygens (including phenoxy) is 1. The maximum absolute atomic E-state index is 12.1. The first-order chi connectivity index (χ1) is 13.6. The summed E-state index contributed by atoms with van der Waals surface area (Å²) in [5, 5.41) is 6.63. The van der Waals surface area contributed by atoms with Crippen molar-refractivity contribution in [2.75, 3.05) is 40.8 Å². The van der Waals surface area contributed by atoms with E-state index in [0.29, 0.717) is 12.7 Å². The molecule has 0 heterocycles. The van der Waals surface area contributed by atoms with Crippen LogP contribution in [0.5, 0.6) is 0 Å². The van der Waals surface area contributed by atoms with E-state index in [4.69, 9.17) is 4.74 Å². The topological polar surface area (TPSA) is 66.0 Å². The zero-order valence-corrected chi connectivity index (χ0v) is 20.4. The van der Waals surface area contributed by atoms with E-state index in [1.54, 1.807) is 26.0 Å². The minimum Gasteiger partial charge on any atom is -0.376 e. The third-order valence-electron chi connectivity index (χ3n) is 5.06. The van der Waals surface area contributed by atoms with Gasteiger partial charge in [-0.2, -0.15) is 0 Å². The molecule has 0 bridgehead atoms. The summed E-state index contributed by atoms with van der Waals surface area (Å²) in [4.78, 5) is 17.9. The number of aliphatic imine (C=N–C) groups is 1. The summed E-state index contributed by atoms with van der Waals surface area (Å²) in [5.74, 6) is 0.811. The normalized spacial score (nSPS) is 15.2. The second kappa shape index (κ2) is 14.6. The average molecular weight is 516 g/mol. The highest BCUT2D eigenvalue weighted by Gasteiger charge is 2.12. The number of guanidine groups is 1. The van der Waals surface area contributed by atoms with Crippen LogP contribution >= 0.6 is 24.0 Å². The molecule has 29 heavy (non-hydrogen) atoms. The molecule has 6 nitrogen and oxygen atoms in total. The van der Waals surface area contributed by atoms with E-state index in [-0.39, 0.29) is 29.9 Å². The zero-order chi connectivity index (χ0) is 20.2. The number of benzene rings is 1. The van der Waals surface area contributed by atoms with Crippen molar-refractivity contribution in [2.24, 2.45) is 4.99 Å². The van der Waals surface area contributed by atoms with Crippen LogP contribution in [0.25, 0.3) is 0 Å². The van der Waals surface area contributed by atoms with Gasteiger partial charge in [-0.3, -0.25) is 9.79 Å². The maximum Gasteiger partial charge on any atom is 0.253 e. The minimum absolute atomic E-state index is 0. The number of amides is 1. The van der Waals surface area contributed by atoms with Crippen LogP contribution in [-0.4, -0.2) is 63.7 Å². The fourth-order valence-electron chi connectivity index (χ4n) is 3.47. The van der Waals surface area contributed by atoms with Gasteiger partial charge in [0, 0.05) is 39.8 Å². The summed E-state index contributed by atoms with van der Waals surface area (Å²) in [7, 11) is 5.31. The van der Waals surface area contributed by atoms with Crippen molar-refractivity contribution < 1.29 is 9.53 Å². The molecule has 1 aliphatic rings. The van der Waals surface area contributed by atoms with Crippen LogP contribution < -0.4 is 10.6 Å². The van der Waals surface area contributed by atoms with Crippen molar-refractivity contribution >= 4 is 35.8 Å². The van der Waals surface area contributed by atoms with Gasteiger partial charge in [0.25, 0.3) is 5.91 Å². The summed E-state index contributed by atoms with van der Waals surface area (Å²) in [6, 6.07) is 7.80. The van der Waals surface area contributed by atoms with Crippen molar-refractivity contribution in [1.29, 1.82) is 0 Å². The fraction of sp³-hybridized carbons (Fsp3) is 0.636. The number of nitrogens with zero attached hydrogens (tertiary/aromatic N) is 2. The Balaban J connectivity index is 0.00000420. The molecule has 0 aromatic heterocycles. The largest absolute Gasteiger partial charge is 0.376 e. The predicted octanol–water partition coefficient (Wildman–Crippen LogP) is 3.45. The first kappa shape index (κ1) is 25.7. The highest BCUT2D eigenvalue weighted by molar-refractivity contribution is 14.0. The van der Waals surface area contributed by atoms with Crippen LogP contribution in [0, 0.1) is 0 Å². The molecule has 0 atom stereocenters. The fourth-order valence-corrected chi connectivity index (χ4v) is 3.47. The van der Waals surface area contributed by atoms with Gasteiger partial charge in [0.1, 0.15) is 0 Å². The van der Waals surface area contributed by atoms with Gasteiger partial charge in [-0.15, -0.1) is 24.0 Å². The maximum atomic E-state index is 12.1. The molecular weight excluding hydrogens is 479 g/mol. The molecule has 0 aliphatic heterocycles. The highest BCUT2D eigenvalue weighted by atomic mass is 127. The number of hydrogen-bond acceptors (Lipinski definition) is 3. The van der Waals surface area contributed by atoms with Crippen molar-refractivity contribution in [3.63, 3.8) is 0 Å². The quantitative estimate of drug-likeness (QED) is 0.183. The molecule has 0 spiro atoms. The van der Waals surface area contributed by atoms with Gasteiger partial charge in [-0.05, 0) is 37.0 Å². The monoisotopic (exact) mass is 516 g/mol. The number of nitrogens with one attached hydrogen (secondary N) is 2. The first-order valence-corrected chi connectivity index (χ1v) is 10.5. The van der Waals surface area contributed by atoms with E-state index in [9.17, 15) is 4.79 Å². The van der Waals surface area contributed by atoms with Crippen LogP contribution in [0.15, 0.2) is 29.3 Å². The summed E-state index contributed by atoms with van der Waals surface area (Å²) in [6.07, 6.45) is 8.93. The summed E-state index contributed by atoms with van der Waals surface area (Å²) < 4.78 is 6.01. The highest BCUT2D eigenvalue weighted by Crippen LogP contribution is 2.19. The molecule has 1 aromatic rings. The Bertz CT molecular complexity index is 629. The Labute approximate surface area is 192 Å². The Hall–Kier alpha value is -1.35. The zero-order valence-electron chi connectivity index (χ0n) is 18.1. The molecule has 1 aromatic carbocycles. The van der Waals surface area contributed by atoms with Gasteiger partial charge in [0.15, 0.2) is 5.96 Å². The van der Waals surface area contributed by atoms with E-state index >= 15 is 0 Å². The van der Waals surface area contributed by atoms with Crippen LogP contribution in [0.1, 0.15) is 54.4 Å². The van der Waals surface area contributed by atoms with E-state index in [2.05, 4.69) is 15.6 Å². The molecule has 2 N–H and O–H groups in total. The SMILES string of the molecule is CN=C(NCCOC1CCCCCC1)NCCc1cccc(C(=O)N(C)C)c1.I. The van der Waals surface area contributed by atoms with Gasteiger partial charge >= 0.3 is 0 Å². The Morgan fingerprint density at radius 2 is 1.83 bits per heavy atom. The van der Waals surface area contributed by atoms with Crippen molar-refractivity contribution in [3.05, 3.63) is 35.4 Å². The first-order valence-electron chi connectivity index (χ1n) is 10.5. The Kier molecular flexibility index (Phi) is 12.9. The number of hydrogen-bond donors (Lipinski definition) is 2. The number of rotatable bonds is 8. The van der Waals surface area contributed by atoms with Gasteiger partial charge in [-0.1, -0.05) is 37.8 Å². The lowest BCUT2D eigenvalue weighted by atomic mass is 10.1. The predicted molar refractivity (Wildman–Crippen MR) is 130 cm³/mol. The number of carbonyl (C=O) groups is 1. The Morgan fingerprint density at radius 1 is 1.14 bits per heavy atom. The standard InChI is InChI=1S/C22H36N4O2.HI/c1-23-22(25-15-16-28-20-11-6-4-5-7-12-20)24-14-13-18-9-8-10-19(17-18)21(27)26(2)3;/h8-10,17,20H,4-7,11-16H2,1-3H3,(H2,23,24,25);1H. The summed E-state index contributed by atoms with van der Waals surface area (Å²) in [5.41, 5.74) is 1.85. The molecule has 0 unspecified atom stereocenters. The van der Waals surface area contributed by atoms with Crippen molar-refractivity contribution in [1.82, 2.24) is 15.5 Å². The van der Waals surface area contributed by atoms with Gasteiger partial charge in [0.2, 0.25) is 0 Å². The van der Waals surface area contributed by atoms with Gasteiger partial charge in [0.05, 0.1) is 12.7 Å². The van der Waals surface area contributed by atoms with Crippen molar-refractivity contribution in [3.8, 4) is 0 Å². The second-order valence-electron chi connectivity index (χ2n) is 7.56. The van der Waals surface area contributed by atoms with E-state index in [1.165, 1.54) is 38.5 Å². The smallest absolute Gasteiger partial charge is 0.253 e. The van der Waals surface area contributed by atoms with Crippen LogP contribution in [0.2, 0.25) is 0 Å². The van der Waals surface area contributed by atoms with Crippen LogP contribution in [0.4, 0.5) is 0 Å². The lowest BCUT2D eigenvalue weighted by molar-refractivity contribution is 0.0468. The van der Waals surface area contributed by atoms with Crippen LogP contribution in [0.3, 0.4) is 0 Å². The van der Waals surface area contributed by atoms with Gasteiger partial charge in [-0.25, -0.2) is 0 Å². The molecule has 1 aliphatic carbocycles. The lowest BCUT2D eigenvalue weighted by Crippen LogP contribution is -2.40. The number of halogens is 1. The lowest BCUT2D eigenvalue weighted by Gasteiger charge is -2.17. The third kappa shape index (κ3) is 9.80. The van der Waals surface area contributed by atoms with E-state index < -0.39 is 0 Å². The molecule has 164 valence electrons. The summed E-state index contributed by atoms with van der Waals surface area (Å²) >= 11 is 0. The second-order valence-corrected chi connectivity index (χ2v) is 7.56. The Morgan fingerprint density at radius 3 is 2.48 bits per heavy atom. The molecule has 1 saturated carbocycles. The molecule has 2 rings (SSSR count). The third-order valence-corrected chi connectivity index (χ3v) is 5.06. The molecule has 7 heteroatoms. The van der Waals surface area contributed by atoms with E-state index in [1.807, 2.05) is 24.3 Å². The summed E-state index contributed by atoms with van der Waals surface area (Å²) in [6.45, 7) is 2.21. The molecule has 0 radical (unpaired) electrons.